The second-order valence-electron chi connectivity index (χ2n) is 11.5. The van der Waals surface area contributed by atoms with Crippen LogP contribution in [0.25, 0.3) is 0 Å². The lowest BCUT2D eigenvalue weighted by Gasteiger charge is -2.44. The molecule has 3 aliphatic heterocycles. The molecule has 204 valence electrons. The van der Waals surface area contributed by atoms with Crippen LogP contribution in [0.3, 0.4) is 0 Å². The number of hydrogen-bond donors (Lipinski definition) is 1. The number of benzene rings is 1. The number of rotatable bonds is 6. The molecule has 1 saturated carbocycles. The van der Waals surface area contributed by atoms with Crippen molar-refractivity contribution in [3.05, 3.63) is 53.5 Å². The first-order chi connectivity index (χ1) is 18.4. The number of carbonyl (C=O) groups is 1. The molecule has 4 heterocycles. The third kappa shape index (κ3) is 5.30. The molecule has 0 radical (unpaired) electrons. The van der Waals surface area contributed by atoms with Crippen molar-refractivity contribution in [3.63, 3.8) is 0 Å². The van der Waals surface area contributed by atoms with E-state index in [1.807, 2.05) is 11.0 Å². The summed E-state index contributed by atoms with van der Waals surface area (Å²) in [4.78, 5) is 25.5. The molecular weight excluding hydrogens is 485 g/mol. The third-order valence-electron chi connectivity index (χ3n) is 8.50. The maximum Gasteiger partial charge on any atom is 0.241 e. The lowest BCUT2D eigenvalue weighted by atomic mass is 10.0. The van der Waals surface area contributed by atoms with Gasteiger partial charge < -0.3 is 14.8 Å². The van der Waals surface area contributed by atoms with Gasteiger partial charge in [-0.3, -0.25) is 19.5 Å². The summed E-state index contributed by atoms with van der Waals surface area (Å²) in [6, 6.07) is 9.54. The largest absolute Gasteiger partial charge is 0.474 e. The number of nitrogens with one attached hydrogen (secondary N) is 1. The van der Waals surface area contributed by atoms with E-state index in [9.17, 15) is 9.18 Å². The fourth-order valence-electron chi connectivity index (χ4n) is 6.08. The molecule has 1 aromatic heterocycles. The molecule has 1 aromatic carbocycles. The Morgan fingerprint density at radius 3 is 2.76 bits per heavy atom. The van der Waals surface area contributed by atoms with Gasteiger partial charge in [-0.15, -0.1) is 0 Å². The summed E-state index contributed by atoms with van der Waals surface area (Å²) in [5, 5.41) is 3.62. The molecule has 3 fully saturated rings. The van der Waals surface area contributed by atoms with E-state index in [4.69, 9.17) is 9.47 Å². The van der Waals surface area contributed by atoms with Crippen LogP contribution in [0.4, 0.5) is 10.1 Å². The van der Waals surface area contributed by atoms with Gasteiger partial charge in [-0.2, -0.15) is 0 Å². The molecule has 1 N–H and O–H groups in total. The number of pyridine rings is 1. The second-order valence-corrected chi connectivity index (χ2v) is 11.5. The molecule has 1 spiro atoms. The Morgan fingerprint density at radius 1 is 1.18 bits per heavy atom. The first-order valence-corrected chi connectivity index (χ1v) is 13.9. The van der Waals surface area contributed by atoms with E-state index in [0.29, 0.717) is 37.5 Å². The van der Waals surface area contributed by atoms with Gasteiger partial charge in [0.15, 0.2) is 0 Å². The molecule has 38 heavy (non-hydrogen) atoms. The highest BCUT2D eigenvalue weighted by Crippen LogP contribution is 2.50. The Balaban J connectivity index is 1.22. The van der Waals surface area contributed by atoms with Gasteiger partial charge in [0.05, 0.1) is 25.3 Å². The van der Waals surface area contributed by atoms with Crippen molar-refractivity contribution in [2.75, 3.05) is 57.4 Å². The Hall–Kier alpha value is -2.59. The van der Waals surface area contributed by atoms with E-state index in [1.165, 1.54) is 12.1 Å². The van der Waals surface area contributed by atoms with Crippen molar-refractivity contribution >= 4 is 11.6 Å². The SMILES string of the molecule is C[C@@H]1CN(CC(=O)N2c3cc(Cc4ccc(F)cc4)cnc3OCC23CC3)[C@@H](CN2CCOC[C@H]2C)CN1. The van der Waals surface area contributed by atoms with Crippen molar-refractivity contribution in [1.82, 2.24) is 20.1 Å². The summed E-state index contributed by atoms with van der Waals surface area (Å²) in [6.07, 6.45) is 4.29. The Morgan fingerprint density at radius 2 is 2.00 bits per heavy atom. The number of piperazine rings is 1. The van der Waals surface area contributed by atoms with Gasteiger partial charge in [0.2, 0.25) is 11.8 Å². The lowest BCUT2D eigenvalue weighted by molar-refractivity contribution is -0.122. The number of anilines is 1. The molecule has 9 heteroatoms. The summed E-state index contributed by atoms with van der Waals surface area (Å²) in [5.41, 5.74) is 2.47. The molecule has 3 atom stereocenters. The predicted octanol–water partition coefficient (Wildman–Crippen LogP) is 2.45. The predicted molar refractivity (Wildman–Crippen MR) is 143 cm³/mol. The zero-order valence-corrected chi connectivity index (χ0v) is 22.4. The normalized spacial score (nSPS) is 27.1. The van der Waals surface area contributed by atoms with Crippen molar-refractivity contribution in [2.45, 2.75) is 56.8 Å². The van der Waals surface area contributed by atoms with E-state index in [0.717, 1.165) is 69.0 Å². The highest BCUT2D eigenvalue weighted by Gasteiger charge is 2.55. The van der Waals surface area contributed by atoms with Gasteiger partial charge in [0.1, 0.15) is 18.1 Å². The molecule has 1 amide bonds. The topological polar surface area (TPSA) is 70.2 Å². The van der Waals surface area contributed by atoms with E-state index < -0.39 is 0 Å². The van der Waals surface area contributed by atoms with Crippen LogP contribution in [0.15, 0.2) is 36.5 Å². The van der Waals surface area contributed by atoms with Crippen molar-refractivity contribution < 1.29 is 18.7 Å². The first kappa shape index (κ1) is 25.7. The summed E-state index contributed by atoms with van der Waals surface area (Å²) < 4.78 is 25.1. The number of amides is 1. The number of fused-ring (bicyclic) bond motifs is 1. The van der Waals surface area contributed by atoms with Crippen LogP contribution in [-0.4, -0.2) is 96.9 Å². The fraction of sp³-hybridized carbons (Fsp3) is 0.586. The number of nitrogens with zero attached hydrogens (tertiary/aromatic N) is 4. The minimum absolute atomic E-state index is 0.113. The number of halogens is 1. The molecule has 0 bridgehead atoms. The second kappa shape index (κ2) is 10.5. The minimum atomic E-state index is -0.270. The molecule has 6 rings (SSSR count). The van der Waals surface area contributed by atoms with Crippen LogP contribution in [0.5, 0.6) is 5.88 Å². The molecule has 1 aliphatic carbocycles. The number of hydrogen-bond acceptors (Lipinski definition) is 7. The molecule has 0 unspecified atom stereocenters. The minimum Gasteiger partial charge on any atom is -0.474 e. The Kier molecular flexibility index (Phi) is 7.11. The quantitative estimate of drug-likeness (QED) is 0.624. The summed E-state index contributed by atoms with van der Waals surface area (Å²) in [7, 11) is 0. The molecule has 2 aromatic rings. The number of aromatic nitrogens is 1. The van der Waals surface area contributed by atoms with Crippen LogP contribution in [0.1, 0.15) is 37.8 Å². The molecule has 2 saturated heterocycles. The monoisotopic (exact) mass is 523 g/mol. The van der Waals surface area contributed by atoms with Crippen molar-refractivity contribution in [1.29, 1.82) is 0 Å². The Bertz CT molecular complexity index is 1160. The van der Waals surface area contributed by atoms with Crippen LogP contribution in [-0.2, 0) is 16.0 Å². The van der Waals surface area contributed by atoms with Crippen LogP contribution in [0, 0.1) is 5.82 Å². The Labute approximate surface area is 224 Å². The first-order valence-electron chi connectivity index (χ1n) is 13.9. The van der Waals surface area contributed by atoms with Crippen molar-refractivity contribution in [2.24, 2.45) is 0 Å². The standard InChI is InChI=1S/C29H38FN5O3/c1-20-15-34(25(14-31-20)16-33-9-10-37-18-21(33)2)17-27(36)35-26-12-23(11-22-3-5-24(30)6-4-22)13-32-28(26)38-19-29(35)7-8-29/h3-6,12-13,20-21,25,31H,7-11,14-19H2,1-2H3/t20-,21-,25-/m1/s1. The highest BCUT2D eigenvalue weighted by molar-refractivity contribution is 5.98. The van der Waals surface area contributed by atoms with E-state index in [1.54, 1.807) is 18.3 Å². The fourth-order valence-corrected chi connectivity index (χ4v) is 6.08. The number of ether oxygens (including phenoxy) is 2. The van der Waals surface area contributed by atoms with Gasteiger partial charge in [0, 0.05) is 50.5 Å². The maximum absolute atomic E-state index is 14.1. The average Bonchev–Trinajstić information content (AvgIpc) is 3.67. The third-order valence-corrected chi connectivity index (χ3v) is 8.50. The van der Waals surface area contributed by atoms with Crippen LogP contribution in [0.2, 0.25) is 0 Å². The van der Waals surface area contributed by atoms with Gasteiger partial charge in [-0.1, -0.05) is 12.1 Å². The van der Waals surface area contributed by atoms with E-state index in [-0.39, 0.29) is 23.3 Å². The smallest absolute Gasteiger partial charge is 0.241 e. The molecular formula is C29H38FN5O3. The van der Waals surface area contributed by atoms with Crippen LogP contribution >= 0.6 is 0 Å². The number of morpholine rings is 1. The van der Waals surface area contributed by atoms with Gasteiger partial charge in [-0.25, -0.2) is 9.37 Å². The van der Waals surface area contributed by atoms with Gasteiger partial charge in [0.25, 0.3) is 0 Å². The van der Waals surface area contributed by atoms with Crippen LogP contribution < -0.4 is 15.0 Å². The average molecular weight is 524 g/mol. The lowest BCUT2D eigenvalue weighted by Crippen LogP contribution is -2.63. The summed E-state index contributed by atoms with van der Waals surface area (Å²) >= 11 is 0. The summed E-state index contributed by atoms with van der Waals surface area (Å²) in [6.45, 7) is 10.3. The van der Waals surface area contributed by atoms with E-state index in [2.05, 4.69) is 33.9 Å². The zero-order chi connectivity index (χ0) is 26.3. The van der Waals surface area contributed by atoms with Gasteiger partial charge >= 0.3 is 0 Å². The van der Waals surface area contributed by atoms with Gasteiger partial charge in [-0.05, 0) is 62.4 Å². The maximum atomic E-state index is 14.1. The van der Waals surface area contributed by atoms with Crippen molar-refractivity contribution in [3.8, 4) is 5.88 Å². The van der Waals surface area contributed by atoms with E-state index >= 15 is 0 Å². The highest BCUT2D eigenvalue weighted by atomic mass is 19.1. The zero-order valence-electron chi connectivity index (χ0n) is 22.4. The molecule has 4 aliphatic rings. The summed E-state index contributed by atoms with van der Waals surface area (Å²) in [5.74, 6) is 0.384. The molecule has 8 nitrogen and oxygen atoms in total. The number of carbonyl (C=O) groups excluding carboxylic acids is 1.